The van der Waals surface area contributed by atoms with Crippen molar-refractivity contribution in [2.45, 2.75) is 44.2 Å². The van der Waals surface area contributed by atoms with Crippen LogP contribution in [0.15, 0.2) is 52.5 Å². The first-order valence-corrected chi connectivity index (χ1v) is 11.8. The fourth-order valence-corrected chi connectivity index (χ4v) is 4.73. The smallest absolute Gasteiger partial charge is 0.407 e. The molecule has 0 aliphatic rings. The number of halogens is 2. The lowest BCUT2D eigenvalue weighted by atomic mass is 9.96. The van der Waals surface area contributed by atoms with Gasteiger partial charge in [0.05, 0.1) is 22.8 Å². The van der Waals surface area contributed by atoms with Gasteiger partial charge in [0.1, 0.15) is 11.0 Å². The summed E-state index contributed by atoms with van der Waals surface area (Å²) in [7, 11) is -4.14. The number of nitrogens with zero attached hydrogens (tertiary/aromatic N) is 4. The van der Waals surface area contributed by atoms with Crippen LogP contribution in [-0.4, -0.2) is 45.8 Å². The molecule has 0 radical (unpaired) electrons. The summed E-state index contributed by atoms with van der Waals surface area (Å²) in [6, 6.07) is 8.20. The number of amides is 1. The number of aromatic nitrogens is 3. The lowest BCUT2D eigenvalue weighted by Crippen LogP contribution is -2.36. The van der Waals surface area contributed by atoms with Gasteiger partial charge in [0, 0.05) is 24.4 Å². The van der Waals surface area contributed by atoms with Crippen molar-refractivity contribution in [1.82, 2.24) is 19.7 Å². The molecule has 2 aromatic heterocycles. The average Bonchev–Trinajstić information content (AvgIpc) is 3.13. The third-order valence-electron chi connectivity index (χ3n) is 4.77. The first kappa shape index (κ1) is 24.7. The van der Waals surface area contributed by atoms with Crippen molar-refractivity contribution in [2.24, 2.45) is 5.41 Å². The first-order valence-electron chi connectivity index (χ1n) is 9.98. The third-order valence-corrected chi connectivity index (χ3v) is 6.70. The number of carbonyl (C=O) groups is 1. The van der Waals surface area contributed by atoms with Gasteiger partial charge < -0.3 is 10.0 Å². The molecule has 8 nitrogen and oxygen atoms in total. The number of pyridine rings is 1. The van der Waals surface area contributed by atoms with Crippen molar-refractivity contribution >= 4 is 27.5 Å². The highest BCUT2D eigenvalue weighted by atomic mass is 35.5. The molecule has 0 spiro atoms. The Morgan fingerprint density at radius 1 is 1.24 bits per heavy atom. The summed E-state index contributed by atoms with van der Waals surface area (Å²) in [5, 5.41) is 13.9. The van der Waals surface area contributed by atoms with E-state index in [0.29, 0.717) is 0 Å². The van der Waals surface area contributed by atoms with Crippen LogP contribution in [0.3, 0.4) is 0 Å². The van der Waals surface area contributed by atoms with E-state index >= 15 is 0 Å². The molecule has 0 aliphatic carbocycles. The van der Waals surface area contributed by atoms with Gasteiger partial charge in [-0.1, -0.05) is 38.4 Å². The monoisotopic (exact) mass is 494 g/mol. The Kier molecular flexibility index (Phi) is 6.80. The minimum atomic E-state index is -4.14. The molecule has 33 heavy (non-hydrogen) atoms. The molecule has 11 heteroatoms. The molecule has 0 atom stereocenters. The summed E-state index contributed by atoms with van der Waals surface area (Å²) in [5.41, 5.74) is 0.289. The van der Waals surface area contributed by atoms with Crippen LogP contribution in [0.5, 0.6) is 0 Å². The number of carboxylic acid groups (broad SMARTS) is 1. The summed E-state index contributed by atoms with van der Waals surface area (Å²) < 4.78 is 42.2. The lowest BCUT2D eigenvalue weighted by Gasteiger charge is -2.27. The molecule has 0 fully saturated rings. The predicted octanol–water partition coefficient (Wildman–Crippen LogP) is 4.73. The van der Waals surface area contributed by atoms with Crippen LogP contribution in [0.25, 0.3) is 5.69 Å². The van der Waals surface area contributed by atoms with Crippen LogP contribution < -0.4 is 0 Å². The molecular formula is C22H24ClFN4O4S. The lowest BCUT2D eigenvalue weighted by molar-refractivity contribution is 0.122. The quantitative estimate of drug-likeness (QED) is 0.497. The molecule has 0 saturated heterocycles. The van der Waals surface area contributed by atoms with Crippen LogP contribution in [0, 0.1) is 18.2 Å². The molecule has 0 aliphatic heterocycles. The Labute approximate surface area is 196 Å². The third kappa shape index (κ3) is 5.51. The first-order chi connectivity index (χ1) is 15.3. The SMILES string of the molecule is Cc1c(F)cccc1-n1nc(CN(CC(C)(C)C)C(=O)O)cc1S(=O)(=O)c1ccc(Cl)nc1. The van der Waals surface area contributed by atoms with Crippen molar-refractivity contribution in [2.75, 3.05) is 6.54 Å². The highest BCUT2D eigenvalue weighted by molar-refractivity contribution is 7.91. The van der Waals surface area contributed by atoms with Crippen molar-refractivity contribution in [3.05, 3.63) is 64.8 Å². The summed E-state index contributed by atoms with van der Waals surface area (Å²) in [6.45, 7) is 7.24. The van der Waals surface area contributed by atoms with Gasteiger partial charge in [-0.25, -0.2) is 27.3 Å². The van der Waals surface area contributed by atoms with Gasteiger partial charge in [-0.3, -0.25) is 0 Å². The van der Waals surface area contributed by atoms with E-state index < -0.39 is 21.7 Å². The number of benzene rings is 1. The summed E-state index contributed by atoms with van der Waals surface area (Å²) in [4.78, 5) is 16.7. The molecular weight excluding hydrogens is 471 g/mol. The second kappa shape index (κ2) is 9.11. The van der Waals surface area contributed by atoms with Crippen molar-refractivity contribution in [3.63, 3.8) is 0 Å². The maximum atomic E-state index is 14.3. The van der Waals surface area contributed by atoms with Gasteiger partial charge in [0.15, 0.2) is 5.03 Å². The number of hydrogen-bond acceptors (Lipinski definition) is 5. The number of hydrogen-bond donors (Lipinski definition) is 1. The second-order valence-corrected chi connectivity index (χ2v) is 11.1. The van der Waals surface area contributed by atoms with Gasteiger partial charge in [-0.15, -0.1) is 0 Å². The molecule has 1 N–H and O–H groups in total. The zero-order valence-corrected chi connectivity index (χ0v) is 20.2. The minimum Gasteiger partial charge on any atom is -0.465 e. The van der Waals surface area contributed by atoms with E-state index in [-0.39, 0.29) is 50.5 Å². The van der Waals surface area contributed by atoms with Gasteiger partial charge in [0.25, 0.3) is 0 Å². The summed E-state index contributed by atoms with van der Waals surface area (Å²) >= 11 is 5.79. The Morgan fingerprint density at radius 3 is 2.52 bits per heavy atom. The van der Waals surface area contributed by atoms with Gasteiger partial charge in [-0.05, 0) is 36.6 Å². The molecule has 3 rings (SSSR count). The molecule has 2 heterocycles. The molecule has 0 saturated carbocycles. The standard InChI is InChI=1S/C22H24ClFN4O4S/c1-14-17(24)6-5-7-18(14)28-20(33(31,32)16-8-9-19(23)25-11-16)10-15(26-28)12-27(21(29)30)13-22(2,3)4/h5-11H,12-13H2,1-4H3,(H,29,30). The molecule has 3 aromatic rings. The zero-order chi connectivity index (χ0) is 24.6. The molecule has 0 unspecified atom stereocenters. The van der Waals surface area contributed by atoms with E-state index in [9.17, 15) is 22.7 Å². The van der Waals surface area contributed by atoms with E-state index in [1.165, 1.54) is 37.3 Å². The normalized spacial score (nSPS) is 12.1. The minimum absolute atomic E-state index is 0.126. The van der Waals surface area contributed by atoms with Crippen molar-refractivity contribution in [1.29, 1.82) is 0 Å². The van der Waals surface area contributed by atoms with E-state index in [0.717, 1.165) is 15.8 Å². The van der Waals surface area contributed by atoms with Crippen molar-refractivity contribution in [3.8, 4) is 5.69 Å². The van der Waals surface area contributed by atoms with Crippen LogP contribution in [-0.2, 0) is 16.4 Å². The topological polar surface area (TPSA) is 105 Å². The van der Waals surface area contributed by atoms with Gasteiger partial charge in [-0.2, -0.15) is 5.10 Å². The average molecular weight is 495 g/mol. The fraction of sp³-hybridized carbons (Fsp3) is 0.318. The number of rotatable bonds is 6. The Morgan fingerprint density at radius 2 is 1.94 bits per heavy atom. The van der Waals surface area contributed by atoms with Crippen LogP contribution in [0.4, 0.5) is 9.18 Å². The molecule has 1 amide bonds. The maximum Gasteiger partial charge on any atom is 0.407 e. The number of sulfone groups is 1. The Hall–Kier alpha value is -2.98. The van der Waals surface area contributed by atoms with Crippen LogP contribution in [0.1, 0.15) is 32.0 Å². The van der Waals surface area contributed by atoms with Gasteiger partial charge >= 0.3 is 6.09 Å². The van der Waals surface area contributed by atoms with E-state index in [2.05, 4.69) is 10.1 Å². The highest BCUT2D eigenvalue weighted by Gasteiger charge is 2.28. The summed E-state index contributed by atoms with van der Waals surface area (Å²) in [5.74, 6) is -0.527. The second-order valence-electron chi connectivity index (χ2n) is 8.79. The highest BCUT2D eigenvalue weighted by Crippen LogP contribution is 2.28. The van der Waals surface area contributed by atoms with Gasteiger partial charge in [0.2, 0.25) is 9.84 Å². The zero-order valence-electron chi connectivity index (χ0n) is 18.6. The maximum absolute atomic E-state index is 14.3. The molecule has 1 aromatic carbocycles. The van der Waals surface area contributed by atoms with E-state index in [4.69, 9.17) is 11.6 Å². The van der Waals surface area contributed by atoms with E-state index in [1.807, 2.05) is 20.8 Å². The largest absolute Gasteiger partial charge is 0.465 e. The molecule has 0 bridgehead atoms. The molecule has 176 valence electrons. The predicted molar refractivity (Wildman–Crippen MR) is 121 cm³/mol. The van der Waals surface area contributed by atoms with Crippen LogP contribution >= 0.6 is 11.6 Å². The van der Waals surface area contributed by atoms with E-state index in [1.54, 1.807) is 6.07 Å². The Bertz CT molecular complexity index is 1280. The Balaban J connectivity index is 2.17. The summed E-state index contributed by atoms with van der Waals surface area (Å²) in [6.07, 6.45) is -0.0382. The van der Waals surface area contributed by atoms with Crippen molar-refractivity contribution < 1.29 is 22.7 Å². The van der Waals surface area contributed by atoms with Crippen LogP contribution in [0.2, 0.25) is 5.15 Å². The fourth-order valence-electron chi connectivity index (χ4n) is 3.28.